The molecule has 0 bridgehead atoms. The van der Waals surface area contributed by atoms with Gasteiger partial charge in [0.15, 0.2) is 5.78 Å². The fraction of sp³-hybridized carbons (Fsp3) is 0.733. The van der Waals surface area contributed by atoms with E-state index < -0.39 is 0 Å². The molecule has 0 N–H and O–H groups in total. The summed E-state index contributed by atoms with van der Waals surface area (Å²) in [7, 11) is 0. The highest BCUT2D eigenvalue weighted by molar-refractivity contribution is 6.01. The van der Waals surface area contributed by atoms with E-state index in [1.165, 1.54) is 50.5 Å². The number of rotatable bonds is 10. The number of allylic oxidation sites excluding steroid dienone is 5. The predicted molar refractivity (Wildman–Crippen MR) is 134 cm³/mol. The zero-order chi connectivity index (χ0) is 23.5. The molecule has 0 heterocycles. The molecular weight excluding hydrogens is 408 g/mol. The zero-order valence-electron chi connectivity index (χ0n) is 21.0. The van der Waals surface area contributed by atoms with E-state index in [9.17, 15) is 9.59 Å². The van der Waals surface area contributed by atoms with Crippen molar-refractivity contribution in [3.8, 4) is 0 Å². The third-order valence-electron chi connectivity index (χ3n) is 9.78. The van der Waals surface area contributed by atoms with Crippen molar-refractivity contribution in [1.82, 2.24) is 0 Å². The van der Waals surface area contributed by atoms with Gasteiger partial charge in [0.25, 0.3) is 0 Å². The Morgan fingerprint density at radius 1 is 1.06 bits per heavy atom. The SMILES string of the molecule is C=CCCCCCCCCC(=O)O[C@H]1CC[C@@H]2[C@H]3CCC4=CC(=O)C=C[C@]4(C)[C@@H]3CC[C@@]12C. The van der Waals surface area contributed by atoms with Gasteiger partial charge in [0.05, 0.1) is 0 Å². The molecule has 0 radical (unpaired) electrons. The third-order valence-corrected chi connectivity index (χ3v) is 9.78. The Bertz CT molecular complexity index is 807. The van der Waals surface area contributed by atoms with Gasteiger partial charge < -0.3 is 4.74 Å². The monoisotopic (exact) mass is 452 g/mol. The molecule has 3 fully saturated rings. The van der Waals surface area contributed by atoms with Crippen molar-refractivity contribution >= 4 is 11.8 Å². The molecule has 3 saturated carbocycles. The smallest absolute Gasteiger partial charge is 0.306 e. The lowest BCUT2D eigenvalue weighted by Crippen LogP contribution is -2.51. The summed E-state index contributed by atoms with van der Waals surface area (Å²) in [5.74, 6) is 2.09. The highest BCUT2D eigenvalue weighted by Crippen LogP contribution is 2.64. The van der Waals surface area contributed by atoms with Gasteiger partial charge >= 0.3 is 5.97 Å². The first-order chi connectivity index (χ1) is 15.9. The Balaban J connectivity index is 1.28. The quantitative estimate of drug-likeness (QED) is 0.196. The van der Waals surface area contributed by atoms with Crippen LogP contribution in [0.4, 0.5) is 0 Å². The summed E-state index contributed by atoms with van der Waals surface area (Å²) in [6.45, 7) is 8.53. The Morgan fingerprint density at radius 3 is 2.61 bits per heavy atom. The molecule has 0 amide bonds. The summed E-state index contributed by atoms with van der Waals surface area (Å²) in [4.78, 5) is 24.6. The third kappa shape index (κ3) is 4.93. The molecular formula is C30H44O3. The summed E-state index contributed by atoms with van der Waals surface area (Å²) in [5, 5.41) is 0. The van der Waals surface area contributed by atoms with Gasteiger partial charge in [-0.1, -0.05) is 57.3 Å². The average Bonchev–Trinajstić information content (AvgIpc) is 3.12. The minimum atomic E-state index is 0.0187. The van der Waals surface area contributed by atoms with Crippen LogP contribution in [0, 0.1) is 28.6 Å². The number of ether oxygens (including phenoxy) is 1. The normalized spacial score (nSPS) is 37.0. The molecule has 0 unspecified atom stereocenters. The van der Waals surface area contributed by atoms with Crippen molar-refractivity contribution in [3.63, 3.8) is 0 Å². The number of hydrogen-bond donors (Lipinski definition) is 0. The van der Waals surface area contributed by atoms with Crippen LogP contribution in [0.5, 0.6) is 0 Å². The second-order valence-electron chi connectivity index (χ2n) is 11.7. The topological polar surface area (TPSA) is 43.4 Å². The van der Waals surface area contributed by atoms with E-state index in [-0.39, 0.29) is 28.7 Å². The molecule has 4 rings (SSSR count). The summed E-state index contributed by atoms with van der Waals surface area (Å²) in [5.41, 5.74) is 1.51. The van der Waals surface area contributed by atoms with Crippen molar-refractivity contribution in [2.45, 2.75) is 110 Å². The molecule has 4 aliphatic carbocycles. The highest BCUT2D eigenvalue weighted by atomic mass is 16.5. The number of esters is 1. The van der Waals surface area contributed by atoms with Crippen molar-refractivity contribution in [2.24, 2.45) is 28.6 Å². The minimum Gasteiger partial charge on any atom is -0.462 e. The zero-order valence-corrected chi connectivity index (χ0v) is 21.0. The van der Waals surface area contributed by atoms with Crippen molar-refractivity contribution in [1.29, 1.82) is 0 Å². The van der Waals surface area contributed by atoms with Crippen LogP contribution in [-0.2, 0) is 14.3 Å². The molecule has 0 aromatic carbocycles. The fourth-order valence-electron chi connectivity index (χ4n) is 7.83. The fourth-order valence-corrected chi connectivity index (χ4v) is 7.83. The number of carbonyl (C=O) groups excluding carboxylic acids is 2. The Kier molecular flexibility index (Phi) is 7.66. The van der Waals surface area contributed by atoms with Crippen LogP contribution in [0.25, 0.3) is 0 Å². The van der Waals surface area contributed by atoms with E-state index in [2.05, 4.69) is 26.5 Å². The first-order valence-electron chi connectivity index (χ1n) is 13.6. The predicted octanol–water partition coefficient (Wildman–Crippen LogP) is 7.51. The summed E-state index contributed by atoms with van der Waals surface area (Å²) >= 11 is 0. The first-order valence-corrected chi connectivity index (χ1v) is 13.6. The van der Waals surface area contributed by atoms with E-state index in [1.807, 2.05) is 12.2 Å². The number of hydrogen-bond acceptors (Lipinski definition) is 3. The molecule has 3 nitrogen and oxygen atoms in total. The van der Waals surface area contributed by atoms with E-state index in [1.54, 1.807) is 6.08 Å². The maximum atomic E-state index is 12.7. The van der Waals surface area contributed by atoms with E-state index in [4.69, 9.17) is 4.74 Å². The van der Waals surface area contributed by atoms with Gasteiger partial charge in [0.2, 0.25) is 0 Å². The van der Waals surface area contributed by atoms with E-state index >= 15 is 0 Å². The molecule has 0 aromatic rings. The maximum absolute atomic E-state index is 12.7. The molecule has 0 aromatic heterocycles. The van der Waals surface area contributed by atoms with Gasteiger partial charge in [-0.25, -0.2) is 0 Å². The molecule has 0 spiro atoms. The van der Waals surface area contributed by atoms with Crippen LogP contribution >= 0.6 is 0 Å². The van der Waals surface area contributed by atoms with Crippen LogP contribution in [0.15, 0.2) is 36.5 Å². The van der Waals surface area contributed by atoms with Gasteiger partial charge in [-0.3, -0.25) is 9.59 Å². The second kappa shape index (κ2) is 10.3. The van der Waals surface area contributed by atoms with Crippen molar-refractivity contribution < 1.29 is 14.3 Å². The van der Waals surface area contributed by atoms with Gasteiger partial charge in [0.1, 0.15) is 6.10 Å². The van der Waals surface area contributed by atoms with E-state index in [0.717, 1.165) is 38.5 Å². The van der Waals surface area contributed by atoms with Crippen molar-refractivity contribution in [2.75, 3.05) is 0 Å². The summed E-state index contributed by atoms with van der Waals surface area (Å²) < 4.78 is 6.15. The van der Waals surface area contributed by atoms with Gasteiger partial charge in [0, 0.05) is 17.3 Å². The molecule has 0 aliphatic heterocycles. The number of ketones is 1. The standard InChI is InChI=1S/C30H44O3/c1-4-5-6-7-8-9-10-11-12-28(32)33-27-16-15-25-24-14-13-22-21-23(31)17-19-29(22,2)26(24)18-20-30(25,27)3/h4,17,19,21,24-27H,1,5-16,18,20H2,2-3H3/t24-,25-,26-,27+,29+,30-/m1/s1. The summed E-state index contributed by atoms with van der Waals surface area (Å²) in [6.07, 6.45) is 23.4. The van der Waals surface area contributed by atoms with Crippen LogP contribution in [0.1, 0.15) is 104 Å². The largest absolute Gasteiger partial charge is 0.462 e. The van der Waals surface area contributed by atoms with Crippen LogP contribution in [0.3, 0.4) is 0 Å². The molecule has 33 heavy (non-hydrogen) atoms. The van der Waals surface area contributed by atoms with Crippen LogP contribution in [0.2, 0.25) is 0 Å². The number of unbranched alkanes of at least 4 members (excludes halogenated alkanes) is 6. The lowest BCUT2D eigenvalue weighted by Gasteiger charge is -2.56. The average molecular weight is 453 g/mol. The first kappa shape index (κ1) is 24.5. The Morgan fingerprint density at radius 2 is 1.82 bits per heavy atom. The van der Waals surface area contributed by atoms with E-state index in [0.29, 0.717) is 24.2 Å². The number of carbonyl (C=O) groups is 2. The van der Waals surface area contributed by atoms with Crippen molar-refractivity contribution in [3.05, 3.63) is 36.5 Å². The Hall–Kier alpha value is -1.64. The molecule has 3 heteroatoms. The molecule has 0 saturated heterocycles. The van der Waals surface area contributed by atoms with Gasteiger partial charge in [-0.05, 0) is 87.7 Å². The summed E-state index contributed by atoms with van der Waals surface area (Å²) in [6, 6.07) is 0. The minimum absolute atomic E-state index is 0.0187. The molecule has 182 valence electrons. The van der Waals surface area contributed by atoms with Crippen LogP contribution in [-0.4, -0.2) is 17.9 Å². The molecule has 4 aliphatic rings. The second-order valence-corrected chi connectivity index (χ2v) is 11.7. The van der Waals surface area contributed by atoms with Crippen LogP contribution < -0.4 is 0 Å². The Labute approximate surface area is 201 Å². The molecule has 6 atom stereocenters. The highest BCUT2D eigenvalue weighted by Gasteiger charge is 2.59. The lowest BCUT2D eigenvalue weighted by molar-refractivity contribution is -0.159. The maximum Gasteiger partial charge on any atom is 0.306 e. The lowest BCUT2D eigenvalue weighted by atomic mass is 9.48. The number of fused-ring (bicyclic) bond motifs is 5. The van der Waals surface area contributed by atoms with Gasteiger partial charge in [-0.2, -0.15) is 0 Å². The van der Waals surface area contributed by atoms with Gasteiger partial charge in [-0.15, -0.1) is 6.58 Å².